The predicted octanol–water partition coefficient (Wildman–Crippen LogP) is 1.80. The molecule has 2 heteroatoms. The van der Waals surface area contributed by atoms with Gasteiger partial charge in [-0.25, -0.2) is 0 Å². The first-order chi connectivity index (χ1) is 5.72. The van der Waals surface area contributed by atoms with Gasteiger partial charge in [-0.05, 0) is 19.3 Å². The molecule has 0 aromatic carbocycles. The van der Waals surface area contributed by atoms with Crippen LogP contribution in [0.1, 0.15) is 33.6 Å². The molecule has 1 saturated heterocycles. The Balaban J connectivity index is 2.22. The lowest BCUT2D eigenvalue weighted by atomic mass is 10.00. The molecule has 0 amide bonds. The Bertz CT molecular complexity index is 127. The summed E-state index contributed by atoms with van der Waals surface area (Å²) < 4.78 is 5.80. The van der Waals surface area contributed by atoms with E-state index in [9.17, 15) is 0 Å². The topological polar surface area (TPSA) is 21.3 Å². The lowest BCUT2D eigenvalue weighted by Gasteiger charge is -2.30. The van der Waals surface area contributed by atoms with E-state index in [-0.39, 0.29) is 0 Å². The van der Waals surface area contributed by atoms with Gasteiger partial charge in [-0.15, -0.1) is 0 Å². The predicted molar refractivity (Wildman–Crippen MR) is 51.3 cm³/mol. The van der Waals surface area contributed by atoms with Crippen molar-refractivity contribution in [1.82, 2.24) is 5.32 Å². The first-order valence-corrected chi connectivity index (χ1v) is 5.08. The van der Waals surface area contributed by atoms with Gasteiger partial charge in [0.15, 0.2) is 0 Å². The Morgan fingerprint density at radius 3 is 2.83 bits per heavy atom. The highest BCUT2D eigenvalue weighted by molar-refractivity contribution is 4.73. The number of hydrogen-bond donors (Lipinski definition) is 1. The molecule has 0 bridgehead atoms. The van der Waals surface area contributed by atoms with Crippen LogP contribution in [0, 0.1) is 5.92 Å². The number of nitrogens with one attached hydrogen (secondary N) is 1. The molecule has 1 aliphatic rings. The average molecular weight is 171 g/mol. The van der Waals surface area contributed by atoms with Gasteiger partial charge in [0, 0.05) is 13.1 Å². The minimum absolute atomic E-state index is 0.396. The van der Waals surface area contributed by atoms with E-state index in [1.165, 1.54) is 12.8 Å². The lowest BCUT2D eigenvalue weighted by Crippen LogP contribution is -2.43. The third-order valence-corrected chi connectivity index (χ3v) is 2.59. The molecule has 0 aromatic heterocycles. The van der Waals surface area contributed by atoms with Crippen LogP contribution in [0.15, 0.2) is 0 Å². The third kappa shape index (κ3) is 3.11. The van der Waals surface area contributed by atoms with E-state index in [0.717, 1.165) is 19.0 Å². The molecule has 0 spiro atoms. The van der Waals surface area contributed by atoms with Crippen LogP contribution in [0.3, 0.4) is 0 Å². The fourth-order valence-corrected chi connectivity index (χ4v) is 1.63. The summed E-state index contributed by atoms with van der Waals surface area (Å²) in [7, 11) is 0. The van der Waals surface area contributed by atoms with Crippen molar-refractivity contribution in [2.45, 2.75) is 45.8 Å². The number of morpholine rings is 1. The van der Waals surface area contributed by atoms with E-state index in [2.05, 4.69) is 26.1 Å². The van der Waals surface area contributed by atoms with Crippen molar-refractivity contribution in [3.8, 4) is 0 Å². The van der Waals surface area contributed by atoms with Crippen molar-refractivity contribution in [1.29, 1.82) is 0 Å². The summed E-state index contributed by atoms with van der Waals surface area (Å²) in [5.41, 5.74) is 0. The van der Waals surface area contributed by atoms with Crippen molar-refractivity contribution in [3.05, 3.63) is 0 Å². The molecule has 0 saturated carbocycles. The quantitative estimate of drug-likeness (QED) is 0.699. The van der Waals surface area contributed by atoms with Crippen molar-refractivity contribution < 1.29 is 4.74 Å². The van der Waals surface area contributed by atoms with Crippen LogP contribution < -0.4 is 5.32 Å². The summed E-state index contributed by atoms with van der Waals surface area (Å²) in [6, 6.07) is 0. The van der Waals surface area contributed by atoms with Gasteiger partial charge < -0.3 is 10.1 Å². The van der Waals surface area contributed by atoms with E-state index in [0.29, 0.717) is 12.2 Å². The molecule has 1 fully saturated rings. The minimum atomic E-state index is 0.396. The summed E-state index contributed by atoms with van der Waals surface area (Å²) >= 11 is 0. The maximum atomic E-state index is 5.80. The lowest BCUT2D eigenvalue weighted by molar-refractivity contribution is -0.0372. The van der Waals surface area contributed by atoms with Gasteiger partial charge in [0.05, 0.1) is 12.2 Å². The molecule has 3 unspecified atom stereocenters. The normalized spacial score (nSPS) is 33.2. The summed E-state index contributed by atoms with van der Waals surface area (Å²) in [4.78, 5) is 0. The summed E-state index contributed by atoms with van der Waals surface area (Å²) in [5.74, 6) is 0.794. The first kappa shape index (κ1) is 10.0. The SMILES string of the molecule is CCC(C)CC1CNCC(C)O1. The molecule has 1 N–H and O–H groups in total. The van der Waals surface area contributed by atoms with Crippen LogP contribution in [0.5, 0.6) is 0 Å². The molecule has 0 aromatic rings. The summed E-state index contributed by atoms with van der Waals surface area (Å²) in [5, 5.41) is 3.39. The first-order valence-electron chi connectivity index (χ1n) is 5.08. The second-order valence-corrected chi connectivity index (χ2v) is 3.98. The monoisotopic (exact) mass is 171 g/mol. The number of ether oxygens (including phenoxy) is 1. The van der Waals surface area contributed by atoms with Gasteiger partial charge in [0.25, 0.3) is 0 Å². The van der Waals surface area contributed by atoms with E-state index in [1.807, 2.05) is 0 Å². The highest BCUT2D eigenvalue weighted by atomic mass is 16.5. The van der Waals surface area contributed by atoms with Crippen LogP contribution in [0.4, 0.5) is 0 Å². The fraction of sp³-hybridized carbons (Fsp3) is 1.00. The van der Waals surface area contributed by atoms with Gasteiger partial charge in [0.2, 0.25) is 0 Å². The molecular weight excluding hydrogens is 150 g/mol. The van der Waals surface area contributed by atoms with Crippen molar-refractivity contribution >= 4 is 0 Å². The molecular formula is C10H21NO. The number of hydrogen-bond acceptors (Lipinski definition) is 2. The zero-order valence-electron chi connectivity index (χ0n) is 8.47. The van der Waals surface area contributed by atoms with Crippen molar-refractivity contribution in [3.63, 3.8) is 0 Å². The maximum Gasteiger partial charge on any atom is 0.0706 e. The van der Waals surface area contributed by atoms with E-state index >= 15 is 0 Å². The number of rotatable bonds is 3. The van der Waals surface area contributed by atoms with E-state index in [1.54, 1.807) is 0 Å². The second-order valence-electron chi connectivity index (χ2n) is 3.98. The molecule has 2 nitrogen and oxygen atoms in total. The standard InChI is InChI=1S/C10H21NO/c1-4-8(2)5-10-7-11-6-9(3)12-10/h8-11H,4-7H2,1-3H3. The minimum Gasteiger partial charge on any atom is -0.373 e. The van der Waals surface area contributed by atoms with Crippen LogP contribution in [0.2, 0.25) is 0 Å². The molecule has 72 valence electrons. The fourth-order valence-electron chi connectivity index (χ4n) is 1.63. The highest BCUT2D eigenvalue weighted by Gasteiger charge is 2.19. The maximum absolute atomic E-state index is 5.80. The Morgan fingerprint density at radius 2 is 2.25 bits per heavy atom. The molecule has 1 aliphatic heterocycles. The van der Waals surface area contributed by atoms with E-state index in [4.69, 9.17) is 4.74 Å². The van der Waals surface area contributed by atoms with E-state index < -0.39 is 0 Å². The second kappa shape index (κ2) is 4.83. The van der Waals surface area contributed by atoms with Gasteiger partial charge in [0.1, 0.15) is 0 Å². The van der Waals surface area contributed by atoms with Crippen LogP contribution in [0.25, 0.3) is 0 Å². The largest absolute Gasteiger partial charge is 0.373 e. The smallest absolute Gasteiger partial charge is 0.0706 e. The van der Waals surface area contributed by atoms with Crippen LogP contribution in [-0.2, 0) is 4.74 Å². The zero-order valence-corrected chi connectivity index (χ0v) is 8.47. The Hall–Kier alpha value is -0.0800. The molecule has 1 rings (SSSR count). The van der Waals surface area contributed by atoms with Crippen LogP contribution in [-0.4, -0.2) is 25.3 Å². The van der Waals surface area contributed by atoms with Crippen molar-refractivity contribution in [2.75, 3.05) is 13.1 Å². The van der Waals surface area contributed by atoms with Crippen molar-refractivity contribution in [2.24, 2.45) is 5.92 Å². The van der Waals surface area contributed by atoms with Gasteiger partial charge in [-0.3, -0.25) is 0 Å². The molecule has 0 radical (unpaired) electrons. The molecule has 12 heavy (non-hydrogen) atoms. The third-order valence-electron chi connectivity index (χ3n) is 2.59. The molecule has 1 heterocycles. The van der Waals surface area contributed by atoms with Gasteiger partial charge >= 0.3 is 0 Å². The Labute approximate surface area is 75.7 Å². The Morgan fingerprint density at radius 1 is 1.50 bits per heavy atom. The molecule has 3 atom stereocenters. The molecule has 0 aliphatic carbocycles. The Kier molecular flexibility index (Phi) is 4.02. The van der Waals surface area contributed by atoms with Gasteiger partial charge in [-0.2, -0.15) is 0 Å². The highest BCUT2D eigenvalue weighted by Crippen LogP contribution is 2.15. The average Bonchev–Trinajstić information content (AvgIpc) is 2.04. The summed E-state index contributed by atoms with van der Waals surface area (Å²) in [6.07, 6.45) is 3.30. The van der Waals surface area contributed by atoms with Crippen LogP contribution >= 0.6 is 0 Å². The summed E-state index contributed by atoms with van der Waals surface area (Å²) in [6.45, 7) is 8.72. The zero-order chi connectivity index (χ0) is 8.97. The van der Waals surface area contributed by atoms with Gasteiger partial charge in [-0.1, -0.05) is 20.3 Å².